The van der Waals surface area contributed by atoms with Crippen molar-refractivity contribution >= 4 is 29.8 Å². The highest BCUT2D eigenvalue weighted by Crippen LogP contribution is 2.39. The number of hydrogen-bond acceptors (Lipinski definition) is 7. The van der Waals surface area contributed by atoms with Gasteiger partial charge in [0.15, 0.2) is 0 Å². The van der Waals surface area contributed by atoms with Crippen molar-refractivity contribution in [1.29, 1.82) is 0 Å². The van der Waals surface area contributed by atoms with Gasteiger partial charge in [0, 0.05) is 48.2 Å². The lowest BCUT2D eigenvalue weighted by Gasteiger charge is -2.19. The Kier molecular flexibility index (Phi) is 7.70. The zero-order valence-electron chi connectivity index (χ0n) is 22.1. The summed E-state index contributed by atoms with van der Waals surface area (Å²) in [7, 11) is 0. The van der Waals surface area contributed by atoms with Crippen molar-refractivity contribution < 1.29 is 32.7 Å². The number of carboxylic acid groups (broad SMARTS) is 1. The maximum absolute atomic E-state index is 13.1. The molecule has 1 aromatic heterocycles. The zero-order valence-corrected chi connectivity index (χ0v) is 22.1. The highest BCUT2D eigenvalue weighted by molar-refractivity contribution is 6.03. The lowest BCUT2D eigenvalue weighted by Crippen LogP contribution is -2.20. The van der Waals surface area contributed by atoms with E-state index in [4.69, 9.17) is 9.90 Å². The summed E-state index contributed by atoms with van der Waals surface area (Å²) in [6.07, 6.45) is -0.286. The van der Waals surface area contributed by atoms with Gasteiger partial charge in [0.2, 0.25) is 0 Å². The predicted octanol–water partition coefficient (Wildman–Crippen LogP) is 3.99. The smallest absolute Gasteiger partial charge is 0.416 e. The number of hydrogen-bond donors (Lipinski definition) is 3. The summed E-state index contributed by atoms with van der Waals surface area (Å²) in [4.78, 5) is 49.9. The molecule has 11 nitrogen and oxygen atoms in total. The zero-order chi connectivity index (χ0) is 30.0. The van der Waals surface area contributed by atoms with Crippen molar-refractivity contribution in [2.45, 2.75) is 32.5 Å². The fraction of sp³-hybridized carbons (Fsp3) is 0.250. The van der Waals surface area contributed by atoms with E-state index in [0.717, 1.165) is 59.2 Å². The molecular weight excluding hydrogens is 555 g/mol. The molecule has 0 bridgehead atoms. The molecule has 4 aliphatic rings. The van der Waals surface area contributed by atoms with E-state index in [1.807, 2.05) is 23.6 Å². The quantitative estimate of drug-likeness (QED) is 0.307. The van der Waals surface area contributed by atoms with Crippen LogP contribution in [0.3, 0.4) is 0 Å². The number of benzene rings is 1. The molecule has 1 aliphatic carbocycles. The van der Waals surface area contributed by atoms with Gasteiger partial charge in [0.25, 0.3) is 23.9 Å². The molecule has 0 unspecified atom stereocenters. The van der Waals surface area contributed by atoms with Crippen molar-refractivity contribution in [2.24, 2.45) is 10.9 Å². The molecule has 42 heavy (non-hydrogen) atoms. The average Bonchev–Trinajstić information content (AvgIpc) is 3.70. The number of alkyl halides is 3. The number of aromatic nitrogens is 4. The Morgan fingerprint density at radius 2 is 1.90 bits per heavy atom. The highest BCUT2D eigenvalue weighted by Gasteiger charge is 2.32. The monoisotopic (exact) mass is 579 g/mol. The molecule has 0 spiro atoms. The third-order valence-corrected chi connectivity index (χ3v) is 6.73. The first-order chi connectivity index (χ1) is 20.1. The molecule has 0 radical (unpaired) electrons. The van der Waals surface area contributed by atoms with Crippen LogP contribution < -0.4 is 16.3 Å². The van der Waals surface area contributed by atoms with Crippen LogP contribution >= 0.6 is 0 Å². The second-order valence-electron chi connectivity index (χ2n) is 9.68. The lowest BCUT2D eigenvalue weighted by atomic mass is 9.98. The second-order valence-corrected chi connectivity index (χ2v) is 9.68. The van der Waals surface area contributed by atoms with Crippen LogP contribution in [0, 0.1) is 12.8 Å². The molecule has 2 amide bonds. The Labute approximate surface area is 236 Å². The number of halogens is 3. The SMILES string of the molecule is Cc1ccc(NC(=O)c2cc(C(F)(F)F)ccn2)cc1-c1cc2cnc(=NC(=O)C3CC3)nc-2n2c1NCC2.O=CO. The molecule has 0 saturated heterocycles. The number of anilines is 2. The van der Waals surface area contributed by atoms with E-state index in [2.05, 4.69) is 30.6 Å². The van der Waals surface area contributed by atoms with E-state index in [0.29, 0.717) is 24.6 Å². The standard InChI is InChI=1S/C27H22F3N7O2.CH2O2/c1-14-2-5-18(34-25(39)21-11-17(6-7-31-21)27(28,29)30)12-19(14)20-10-16-13-33-26(36-24(38)15-3-4-15)35-22(16)37-9-8-32-23(20)37;2-1-3/h2,5-7,10-13,15,32H,3-4,8-9H2,1H3,(H,34,39);1H,(H,2,3). The summed E-state index contributed by atoms with van der Waals surface area (Å²) in [5, 5.41) is 12.9. The van der Waals surface area contributed by atoms with Crippen LogP contribution in [0.1, 0.15) is 34.5 Å². The van der Waals surface area contributed by atoms with Gasteiger partial charge in [-0.05, 0) is 61.2 Å². The number of fused-ring (bicyclic) bond motifs is 3. The van der Waals surface area contributed by atoms with E-state index in [9.17, 15) is 22.8 Å². The molecule has 3 aliphatic heterocycles. The molecule has 4 heterocycles. The summed E-state index contributed by atoms with van der Waals surface area (Å²) in [6, 6.07) is 8.73. The minimum Gasteiger partial charge on any atom is -0.483 e. The molecule has 6 rings (SSSR count). The molecule has 1 saturated carbocycles. The number of aryl methyl sites for hydroxylation is 1. The lowest BCUT2D eigenvalue weighted by molar-refractivity contribution is -0.137. The first-order valence-electron chi connectivity index (χ1n) is 12.9. The van der Waals surface area contributed by atoms with Crippen molar-refractivity contribution in [2.75, 3.05) is 17.2 Å². The van der Waals surface area contributed by atoms with E-state index >= 15 is 0 Å². The first kappa shape index (κ1) is 28.4. The predicted molar refractivity (Wildman–Crippen MR) is 144 cm³/mol. The highest BCUT2D eigenvalue weighted by atomic mass is 19.4. The minimum atomic E-state index is -4.58. The van der Waals surface area contributed by atoms with Gasteiger partial charge >= 0.3 is 6.18 Å². The summed E-state index contributed by atoms with van der Waals surface area (Å²) in [6.45, 7) is 2.98. The summed E-state index contributed by atoms with van der Waals surface area (Å²) in [5.41, 5.74) is 2.57. The van der Waals surface area contributed by atoms with Crippen molar-refractivity contribution in [3.63, 3.8) is 0 Å². The normalized spacial score (nSPS) is 14.4. The Morgan fingerprint density at radius 1 is 1.14 bits per heavy atom. The third kappa shape index (κ3) is 5.96. The summed E-state index contributed by atoms with van der Waals surface area (Å²) < 4.78 is 41.2. The average molecular weight is 580 g/mol. The van der Waals surface area contributed by atoms with Gasteiger partial charge in [0.05, 0.1) is 5.56 Å². The van der Waals surface area contributed by atoms with E-state index in [-0.39, 0.29) is 29.6 Å². The van der Waals surface area contributed by atoms with Crippen LogP contribution in [-0.4, -0.2) is 49.5 Å². The topological polar surface area (TPSA) is 151 Å². The fourth-order valence-electron chi connectivity index (χ4n) is 4.56. The first-order valence-corrected chi connectivity index (χ1v) is 12.9. The Morgan fingerprint density at radius 3 is 2.62 bits per heavy atom. The number of amides is 2. The minimum absolute atomic E-state index is 0.0215. The van der Waals surface area contributed by atoms with Crippen molar-refractivity contribution in [1.82, 2.24) is 19.5 Å². The van der Waals surface area contributed by atoms with Crippen LogP contribution in [0.25, 0.3) is 22.5 Å². The fourth-order valence-corrected chi connectivity index (χ4v) is 4.56. The van der Waals surface area contributed by atoms with Crippen LogP contribution in [0.4, 0.5) is 24.7 Å². The van der Waals surface area contributed by atoms with E-state index < -0.39 is 17.6 Å². The van der Waals surface area contributed by atoms with Gasteiger partial charge in [-0.2, -0.15) is 23.1 Å². The van der Waals surface area contributed by atoms with Crippen LogP contribution in [0.2, 0.25) is 0 Å². The molecule has 1 fully saturated rings. The maximum atomic E-state index is 13.1. The van der Waals surface area contributed by atoms with Crippen molar-refractivity contribution in [3.05, 3.63) is 71.2 Å². The van der Waals surface area contributed by atoms with Crippen molar-refractivity contribution in [3.8, 4) is 22.5 Å². The summed E-state index contributed by atoms with van der Waals surface area (Å²) in [5.74, 6) is 0.491. The Balaban J connectivity index is 0.00000113. The van der Waals surface area contributed by atoms with Gasteiger partial charge < -0.3 is 20.3 Å². The third-order valence-electron chi connectivity index (χ3n) is 6.73. The van der Waals surface area contributed by atoms with Gasteiger partial charge in [-0.25, -0.2) is 4.98 Å². The van der Waals surface area contributed by atoms with E-state index in [1.165, 1.54) is 0 Å². The molecule has 1 aromatic carbocycles. The molecule has 2 aromatic rings. The van der Waals surface area contributed by atoms with Crippen LogP contribution in [0.15, 0.2) is 53.8 Å². The number of carbonyl (C=O) groups is 3. The van der Waals surface area contributed by atoms with Gasteiger partial charge in [-0.1, -0.05) is 6.07 Å². The van der Waals surface area contributed by atoms with Gasteiger partial charge in [0.1, 0.15) is 17.3 Å². The Hall–Kier alpha value is -5.14. The molecule has 3 N–H and O–H groups in total. The number of pyridine rings is 2. The molecule has 0 atom stereocenters. The van der Waals surface area contributed by atoms with E-state index in [1.54, 1.807) is 18.3 Å². The van der Waals surface area contributed by atoms with Crippen LogP contribution in [0.5, 0.6) is 0 Å². The molecule has 216 valence electrons. The molecular formula is C28H24F3N7O4. The number of rotatable bonds is 4. The number of nitrogens with one attached hydrogen (secondary N) is 2. The largest absolute Gasteiger partial charge is 0.483 e. The second kappa shape index (κ2) is 11.4. The number of carbonyl (C=O) groups excluding carboxylic acids is 2. The number of nitrogens with zero attached hydrogens (tertiary/aromatic N) is 5. The molecule has 14 heteroatoms. The van der Waals surface area contributed by atoms with Gasteiger partial charge in [-0.15, -0.1) is 0 Å². The van der Waals surface area contributed by atoms with Gasteiger partial charge in [-0.3, -0.25) is 19.4 Å². The summed E-state index contributed by atoms with van der Waals surface area (Å²) >= 11 is 0. The Bertz CT molecular complexity index is 1730. The maximum Gasteiger partial charge on any atom is 0.416 e. The van der Waals surface area contributed by atoms with Crippen LogP contribution in [-0.2, 0) is 22.3 Å².